The molecule has 2 rings (SSSR count). The Morgan fingerprint density at radius 1 is 1.33 bits per heavy atom. The van der Waals surface area contributed by atoms with Gasteiger partial charge in [-0.05, 0) is 31.2 Å². The zero-order valence-corrected chi connectivity index (χ0v) is 11.5. The van der Waals surface area contributed by atoms with Crippen LogP contribution in [0, 0.1) is 16.0 Å². The van der Waals surface area contributed by atoms with Crippen LogP contribution in [0.15, 0.2) is 24.3 Å². The summed E-state index contributed by atoms with van der Waals surface area (Å²) in [6, 6.07) is 5.61. The second-order valence-electron chi connectivity index (χ2n) is 4.68. The molecule has 7 heteroatoms. The Hall–Kier alpha value is -2.44. The van der Waals surface area contributed by atoms with E-state index in [1.807, 2.05) is 6.92 Å². The molecule has 1 aliphatic rings. The molecule has 1 aliphatic carbocycles. The van der Waals surface area contributed by atoms with E-state index < -0.39 is 29.5 Å². The second-order valence-corrected chi connectivity index (χ2v) is 4.68. The third-order valence-corrected chi connectivity index (χ3v) is 3.16. The van der Waals surface area contributed by atoms with Crippen molar-refractivity contribution >= 4 is 11.8 Å². The van der Waals surface area contributed by atoms with E-state index in [4.69, 9.17) is 9.47 Å². The van der Waals surface area contributed by atoms with Crippen LogP contribution in [-0.2, 0) is 9.53 Å². The number of nitrogens with zero attached hydrogens (tertiary/aromatic N) is 1. The maximum absolute atomic E-state index is 11.8. The maximum atomic E-state index is 11.8. The molecule has 0 unspecified atom stereocenters. The molecule has 0 bridgehead atoms. The third kappa shape index (κ3) is 3.77. The van der Waals surface area contributed by atoms with Gasteiger partial charge in [0.25, 0.3) is 0 Å². The summed E-state index contributed by atoms with van der Waals surface area (Å²) in [6.45, 7) is 1.98. The predicted octanol–water partition coefficient (Wildman–Crippen LogP) is 1.48. The van der Waals surface area contributed by atoms with Gasteiger partial charge in [0.1, 0.15) is 11.7 Å². The molecule has 1 aromatic rings. The zero-order chi connectivity index (χ0) is 15.4. The van der Waals surface area contributed by atoms with Gasteiger partial charge in [-0.1, -0.05) is 0 Å². The van der Waals surface area contributed by atoms with E-state index in [-0.39, 0.29) is 12.2 Å². The first-order valence-electron chi connectivity index (χ1n) is 6.59. The van der Waals surface area contributed by atoms with E-state index in [0.717, 1.165) is 0 Å². The van der Waals surface area contributed by atoms with Gasteiger partial charge in [-0.3, -0.25) is 19.7 Å². The molecule has 0 saturated heterocycles. The monoisotopic (exact) mass is 293 g/mol. The van der Waals surface area contributed by atoms with Gasteiger partial charge >= 0.3 is 5.97 Å². The number of carbonyl (C=O) groups is 2. The molecule has 0 spiro atoms. The van der Waals surface area contributed by atoms with E-state index in [2.05, 4.69) is 0 Å². The van der Waals surface area contributed by atoms with Crippen LogP contribution < -0.4 is 4.74 Å². The van der Waals surface area contributed by atoms with Gasteiger partial charge in [0.15, 0.2) is 12.4 Å². The number of ketones is 1. The minimum Gasteiger partial charge on any atom is -0.494 e. The minimum absolute atomic E-state index is 0.184. The highest BCUT2D eigenvalue weighted by atomic mass is 16.6. The van der Waals surface area contributed by atoms with Crippen molar-refractivity contribution < 1.29 is 24.0 Å². The molecule has 1 aromatic carbocycles. The number of hydrogen-bond acceptors (Lipinski definition) is 6. The van der Waals surface area contributed by atoms with Crippen LogP contribution in [0.4, 0.5) is 0 Å². The highest BCUT2D eigenvalue weighted by molar-refractivity contribution is 5.98. The fraction of sp³-hybridized carbons (Fsp3) is 0.429. The summed E-state index contributed by atoms with van der Waals surface area (Å²) in [5.74, 6) is -1.10. The molecule has 112 valence electrons. The highest BCUT2D eigenvalue weighted by Gasteiger charge is 2.54. The summed E-state index contributed by atoms with van der Waals surface area (Å²) in [6.07, 6.45) is 0.184. The van der Waals surface area contributed by atoms with E-state index in [0.29, 0.717) is 17.9 Å². The number of Topliss-reactive ketones (excluding diaryl/α,β-unsaturated/α-hetero) is 1. The standard InChI is InChI=1S/C14H15NO6/c1-2-20-10-5-3-9(4-6-10)13(16)8-21-14(17)11-7-12(11)15(18)19/h3-6,11-12H,2,7-8H2,1H3/t11-,12+/m1/s1. The average molecular weight is 293 g/mol. The van der Waals surface area contributed by atoms with Crippen molar-refractivity contribution in [1.82, 2.24) is 0 Å². The minimum atomic E-state index is -0.863. The summed E-state index contributed by atoms with van der Waals surface area (Å²) in [5, 5.41) is 10.4. The lowest BCUT2D eigenvalue weighted by Crippen LogP contribution is -2.18. The molecule has 1 saturated carbocycles. The van der Waals surface area contributed by atoms with Crippen molar-refractivity contribution in [2.45, 2.75) is 19.4 Å². The van der Waals surface area contributed by atoms with Gasteiger partial charge in [0.2, 0.25) is 6.04 Å². The molecule has 0 aromatic heterocycles. The number of nitro groups is 1. The predicted molar refractivity (Wildman–Crippen MR) is 71.8 cm³/mol. The second kappa shape index (κ2) is 6.34. The van der Waals surface area contributed by atoms with Crippen molar-refractivity contribution in [3.8, 4) is 5.75 Å². The van der Waals surface area contributed by atoms with Crippen molar-refractivity contribution in [3.05, 3.63) is 39.9 Å². The lowest BCUT2D eigenvalue weighted by atomic mass is 10.1. The Morgan fingerprint density at radius 2 is 2.00 bits per heavy atom. The molecular formula is C14H15NO6. The maximum Gasteiger partial charge on any atom is 0.316 e. The molecule has 1 fully saturated rings. The van der Waals surface area contributed by atoms with Gasteiger partial charge in [-0.2, -0.15) is 0 Å². The number of hydrogen-bond donors (Lipinski definition) is 0. The van der Waals surface area contributed by atoms with E-state index in [1.165, 1.54) is 0 Å². The third-order valence-electron chi connectivity index (χ3n) is 3.16. The molecular weight excluding hydrogens is 278 g/mol. The Balaban J connectivity index is 1.82. The van der Waals surface area contributed by atoms with Crippen LogP contribution in [0.5, 0.6) is 5.75 Å². The van der Waals surface area contributed by atoms with Crippen LogP contribution in [0.3, 0.4) is 0 Å². The summed E-state index contributed by atoms with van der Waals surface area (Å²) >= 11 is 0. The molecule has 0 radical (unpaired) electrons. The van der Waals surface area contributed by atoms with Gasteiger partial charge in [-0.15, -0.1) is 0 Å². The molecule has 7 nitrogen and oxygen atoms in total. The van der Waals surface area contributed by atoms with Crippen LogP contribution in [0.25, 0.3) is 0 Å². The number of ether oxygens (including phenoxy) is 2. The molecule has 21 heavy (non-hydrogen) atoms. The average Bonchev–Trinajstić information content (AvgIpc) is 3.26. The fourth-order valence-electron chi connectivity index (χ4n) is 1.90. The molecule has 0 heterocycles. The largest absolute Gasteiger partial charge is 0.494 e. The Bertz CT molecular complexity index is 553. The summed E-state index contributed by atoms with van der Waals surface area (Å²) in [4.78, 5) is 33.3. The normalized spacial score (nSPS) is 19.7. The Morgan fingerprint density at radius 3 is 2.52 bits per heavy atom. The Kier molecular flexibility index (Phi) is 4.52. The topological polar surface area (TPSA) is 95.7 Å². The van der Waals surface area contributed by atoms with E-state index in [9.17, 15) is 19.7 Å². The van der Waals surface area contributed by atoms with Crippen molar-refractivity contribution in [2.24, 2.45) is 5.92 Å². The summed E-state index contributed by atoms with van der Waals surface area (Å²) in [7, 11) is 0. The summed E-state index contributed by atoms with van der Waals surface area (Å²) < 4.78 is 10.1. The van der Waals surface area contributed by atoms with Gasteiger partial charge < -0.3 is 9.47 Å². The van der Waals surface area contributed by atoms with Crippen LogP contribution in [0.1, 0.15) is 23.7 Å². The highest BCUT2D eigenvalue weighted by Crippen LogP contribution is 2.34. The van der Waals surface area contributed by atoms with Crippen LogP contribution in [-0.4, -0.2) is 35.9 Å². The number of carbonyl (C=O) groups excluding carboxylic acids is 2. The number of esters is 1. The first kappa shape index (κ1) is 15.0. The molecule has 2 atom stereocenters. The Labute approximate surface area is 121 Å². The quantitative estimate of drug-likeness (QED) is 0.327. The molecule has 0 amide bonds. The van der Waals surface area contributed by atoms with Crippen LogP contribution >= 0.6 is 0 Å². The van der Waals surface area contributed by atoms with Crippen molar-refractivity contribution in [2.75, 3.05) is 13.2 Å². The SMILES string of the molecule is CCOc1ccc(C(=O)COC(=O)[C@@H]2C[C@@H]2[N+](=O)[O-])cc1. The van der Waals surface area contributed by atoms with Gasteiger partial charge in [-0.25, -0.2) is 0 Å². The number of rotatable bonds is 7. The lowest BCUT2D eigenvalue weighted by molar-refractivity contribution is -0.497. The fourth-order valence-corrected chi connectivity index (χ4v) is 1.90. The first-order chi connectivity index (χ1) is 10.0. The first-order valence-corrected chi connectivity index (χ1v) is 6.59. The van der Waals surface area contributed by atoms with Crippen LogP contribution in [0.2, 0.25) is 0 Å². The molecule has 0 N–H and O–H groups in total. The zero-order valence-electron chi connectivity index (χ0n) is 11.5. The van der Waals surface area contributed by atoms with Crippen molar-refractivity contribution in [1.29, 1.82) is 0 Å². The van der Waals surface area contributed by atoms with E-state index in [1.54, 1.807) is 24.3 Å². The van der Waals surface area contributed by atoms with Gasteiger partial charge in [0, 0.05) is 16.9 Å². The van der Waals surface area contributed by atoms with Crippen molar-refractivity contribution in [3.63, 3.8) is 0 Å². The summed E-state index contributed by atoms with van der Waals surface area (Å²) in [5.41, 5.74) is 0.396. The van der Waals surface area contributed by atoms with Gasteiger partial charge in [0.05, 0.1) is 6.61 Å². The van der Waals surface area contributed by atoms with E-state index >= 15 is 0 Å². The lowest BCUT2D eigenvalue weighted by Gasteiger charge is -2.05. The smallest absolute Gasteiger partial charge is 0.316 e. The number of benzene rings is 1. The molecule has 0 aliphatic heterocycles.